The van der Waals surface area contributed by atoms with Crippen LogP contribution < -0.4 is 0 Å². The van der Waals surface area contributed by atoms with Gasteiger partial charge in [-0.25, -0.2) is 5.57 Å². The van der Waals surface area contributed by atoms with Crippen LogP contribution in [0.25, 0.3) is 5.57 Å². The van der Waals surface area contributed by atoms with Gasteiger partial charge in [0.2, 0.25) is 0 Å². The molecule has 0 saturated heterocycles. The Morgan fingerprint density at radius 1 is 0.739 bits per heavy atom. The molecule has 0 nitrogen and oxygen atoms in total. The van der Waals surface area contributed by atoms with Gasteiger partial charge in [-0.2, -0.15) is 12.2 Å². The zero-order valence-corrected chi connectivity index (χ0v) is 18.4. The average molecular weight is 383 g/mol. The molecular weight excluding hydrogens is 353 g/mol. The molecule has 2 aromatic carbocycles. The zero-order chi connectivity index (χ0) is 16.1. The van der Waals surface area contributed by atoms with E-state index < -0.39 is 0 Å². The van der Waals surface area contributed by atoms with Crippen LogP contribution >= 0.6 is 0 Å². The number of rotatable bonds is 3. The minimum absolute atomic E-state index is 0. The van der Waals surface area contributed by atoms with Gasteiger partial charge in [-0.1, -0.05) is 106 Å². The topological polar surface area (TPSA) is 0 Å². The summed E-state index contributed by atoms with van der Waals surface area (Å²) in [5.41, 5.74) is 4.67. The SMILES string of the molecule is C=[C-]C(C)=C(c1ccccc1)c1ccccc1.CC.CC.[CH3-].[Y]. The predicted octanol–water partition coefficient (Wildman–Crippen LogP) is 7.00. The average Bonchev–Trinajstić information content (AvgIpc) is 2.60. The summed E-state index contributed by atoms with van der Waals surface area (Å²) in [7, 11) is 0. The van der Waals surface area contributed by atoms with Crippen molar-refractivity contribution in [1.29, 1.82) is 0 Å². The molecule has 23 heavy (non-hydrogen) atoms. The maximum Gasteiger partial charge on any atom is 0 e. The first-order valence-corrected chi connectivity index (χ1v) is 7.67. The molecule has 0 N–H and O–H groups in total. The quantitative estimate of drug-likeness (QED) is 0.395. The third kappa shape index (κ3) is 9.03. The fourth-order valence-corrected chi connectivity index (χ4v) is 1.90. The van der Waals surface area contributed by atoms with Crippen molar-refractivity contribution < 1.29 is 32.7 Å². The van der Waals surface area contributed by atoms with Crippen molar-refractivity contribution in [2.24, 2.45) is 0 Å². The van der Waals surface area contributed by atoms with Gasteiger partial charge in [-0.05, 0) is 0 Å². The molecule has 1 radical (unpaired) electrons. The van der Waals surface area contributed by atoms with Crippen LogP contribution in [0.3, 0.4) is 0 Å². The molecular formula is C22H30Y-2. The van der Waals surface area contributed by atoms with E-state index in [1.807, 2.05) is 46.8 Å². The summed E-state index contributed by atoms with van der Waals surface area (Å²) >= 11 is 0. The second kappa shape index (κ2) is 17.4. The summed E-state index contributed by atoms with van der Waals surface area (Å²) in [6.45, 7) is 13.8. The normalized spacial score (nSPS) is 7.70. The Kier molecular flexibility index (Phi) is 20.3. The molecule has 0 aromatic heterocycles. The molecule has 0 bridgehead atoms. The minimum Gasteiger partial charge on any atom is -0.358 e. The van der Waals surface area contributed by atoms with Crippen LogP contribution in [0.1, 0.15) is 45.7 Å². The van der Waals surface area contributed by atoms with Crippen LogP contribution in [0, 0.1) is 13.5 Å². The van der Waals surface area contributed by atoms with Gasteiger partial charge in [-0.3, -0.25) is 6.08 Å². The Balaban J connectivity index is -0.000000619. The molecule has 0 unspecified atom stereocenters. The van der Waals surface area contributed by atoms with Crippen molar-refractivity contribution in [3.63, 3.8) is 0 Å². The fourth-order valence-electron chi connectivity index (χ4n) is 1.90. The molecule has 0 aliphatic heterocycles. The molecule has 0 fully saturated rings. The minimum atomic E-state index is 0. The van der Waals surface area contributed by atoms with Gasteiger partial charge in [0.05, 0.1) is 0 Å². The van der Waals surface area contributed by atoms with Gasteiger partial charge in [0.15, 0.2) is 0 Å². The van der Waals surface area contributed by atoms with Crippen molar-refractivity contribution in [3.05, 3.63) is 97.4 Å². The molecule has 0 aliphatic carbocycles. The summed E-state index contributed by atoms with van der Waals surface area (Å²) in [6.07, 6.45) is 2.99. The van der Waals surface area contributed by atoms with Crippen LogP contribution in [-0.2, 0) is 32.7 Å². The van der Waals surface area contributed by atoms with E-state index in [0.29, 0.717) is 0 Å². The van der Waals surface area contributed by atoms with Crippen LogP contribution in [0.2, 0.25) is 0 Å². The summed E-state index contributed by atoms with van der Waals surface area (Å²) in [5.74, 6) is 0. The third-order valence-electron chi connectivity index (χ3n) is 2.77. The van der Waals surface area contributed by atoms with Crippen molar-refractivity contribution in [2.75, 3.05) is 0 Å². The number of hydrogen-bond acceptors (Lipinski definition) is 0. The molecule has 0 aliphatic rings. The van der Waals surface area contributed by atoms with E-state index >= 15 is 0 Å². The van der Waals surface area contributed by atoms with E-state index in [0.717, 1.165) is 5.57 Å². The van der Waals surface area contributed by atoms with E-state index in [9.17, 15) is 0 Å². The first-order valence-electron chi connectivity index (χ1n) is 7.67. The molecule has 1 heteroatoms. The van der Waals surface area contributed by atoms with Gasteiger partial charge >= 0.3 is 0 Å². The Hall–Kier alpha value is -0.976. The predicted molar refractivity (Wildman–Crippen MR) is 103 cm³/mol. The van der Waals surface area contributed by atoms with E-state index in [2.05, 4.69) is 61.2 Å². The van der Waals surface area contributed by atoms with Gasteiger partial charge < -0.3 is 7.43 Å². The third-order valence-corrected chi connectivity index (χ3v) is 2.77. The van der Waals surface area contributed by atoms with Crippen molar-refractivity contribution in [3.8, 4) is 0 Å². The molecule has 2 rings (SSSR count). The Morgan fingerprint density at radius 2 is 1.04 bits per heavy atom. The zero-order valence-electron chi connectivity index (χ0n) is 15.6. The molecule has 0 amide bonds. The molecule has 0 atom stereocenters. The fraction of sp³-hybridized carbons (Fsp3) is 0.227. The smallest absolute Gasteiger partial charge is 0 e. The van der Waals surface area contributed by atoms with Crippen LogP contribution in [0.15, 0.2) is 72.8 Å². The Bertz CT molecular complexity index is 483. The Labute approximate surface area is 169 Å². The molecule has 2 aromatic rings. The second-order valence-corrected chi connectivity index (χ2v) is 3.91. The first kappa shape index (κ1) is 26.9. The van der Waals surface area contributed by atoms with Crippen LogP contribution in [0.5, 0.6) is 0 Å². The van der Waals surface area contributed by atoms with Gasteiger partial charge in [0, 0.05) is 32.7 Å². The maximum atomic E-state index is 3.75. The number of hydrogen-bond donors (Lipinski definition) is 0. The standard InChI is InChI=1S/C17H15.2C2H6.CH3.Y/c1-3-14(2)17(15-10-6-4-7-11-15)16-12-8-5-9-13-16;2*1-2;;/h4-13H,1H2,2H3;2*1-2H3;1H3;/q-1;;;-1;. The number of benzene rings is 2. The first-order chi connectivity index (χ1) is 10.3. The largest absolute Gasteiger partial charge is 0.358 e. The van der Waals surface area contributed by atoms with E-state index in [1.54, 1.807) is 0 Å². The number of allylic oxidation sites excluding steroid dienone is 2. The molecule has 0 spiro atoms. The van der Waals surface area contributed by atoms with Gasteiger partial charge in [-0.15, -0.1) is 0 Å². The van der Waals surface area contributed by atoms with Crippen LogP contribution in [0.4, 0.5) is 0 Å². The molecule has 123 valence electrons. The summed E-state index contributed by atoms with van der Waals surface area (Å²) in [4.78, 5) is 0. The van der Waals surface area contributed by atoms with Crippen molar-refractivity contribution in [1.82, 2.24) is 0 Å². The monoisotopic (exact) mass is 383 g/mol. The Morgan fingerprint density at radius 3 is 1.30 bits per heavy atom. The van der Waals surface area contributed by atoms with Crippen molar-refractivity contribution >= 4 is 5.57 Å². The van der Waals surface area contributed by atoms with Gasteiger partial charge in [0.1, 0.15) is 0 Å². The molecule has 0 saturated carbocycles. The maximum absolute atomic E-state index is 3.75. The second-order valence-electron chi connectivity index (χ2n) is 3.91. The van der Waals surface area contributed by atoms with E-state index in [4.69, 9.17) is 0 Å². The summed E-state index contributed by atoms with van der Waals surface area (Å²) in [5, 5.41) is 0. The van der Waals surface area contributed by atoms with E-state index in [-0.39, 0.29) is 40.1 Å². The summed E-state index contributed by atoms with van der Waals surface area (Å²) < 4.78 is 0. The van der Waals surface area contributed by atoms with E-state index in [1.165, 1.54) is 16.7 Å². The molecule has 0 heterocycles. The summed E-state index contributed by atoms with van der Waals surface area (Å²) in [6, 6.07) is 20.7. The van der Waals surface area contributed by atoms with Crippen LogP contribution in [-0.4, -0.2) is 0 Å². The van der Waals surface area contributed by atoms with Gasteiger partial charge in [0.25, 0.3) is 0 Å². The van der Waals surface area contributed by atoms with Crippen molar-refractivity contribution in [2.45, 2.75) is 34.6 Å².